The Bertz CT molecular complexity index is 1070. The van der Waals surface area contributed by atoms with E-state index >= 15 is 0 Å². The Morgan fingerprint density at radius 3 is 2.18 bits per heavy atom. The summed E-state index contributed by atoms with van der Waals surface area (Å²) in [5.41, 5.74) is -4.65. The van der Waals surface area contributed by atoms with E-state index in [1.54, 1.807) is 6.92 Å². The molecule has 3 N–H and O–H groups in total. The van der Waals surface area contributed by atoms with E-state index < -0.39 is 46.0 Å². The van der Waals surface area contributed by atoms with Crippen LogP contribution in [0.15, 0.2) is 24.3 Å². The fraction of sp³-hybridized carbons (Fsp3) is 0.429. The van der Waals surface area contributed by atoms with Crippen LogP contribution in [0.2, 0.25) is 0 Å². The molecule has 1 aromatic carbocycles. The number of quaternary nitrogens is 1. The number of anilines is 1. The lowest BCUT2D eigenvalue weighted by Crippen LogP contribution is -3.08. The summed E-state index contributed by atoms with van der Waals surface area (Å²) < 4.78 is 89.5. The molecule has 0 aliphatic carbocycles. The maximum atomic E-state index is 14.1. The number of ether oxygens (including phenoxy) is 1. The van der Waals surface area contributed by atoms with Crippen molar-refractivity contribution in [2.45, 2.75) is 37.9 Å². The molecule has 0 fully saturated rings. The van der Waals surface area contributed by atoms with E-state index in [0.717, 1.165) is 29.5 Å². The molecule has 1 unspecified atom stereocenters. The van der Waals surface area contributed by atoms with Crippen LogP contribution >= 0.6 is 11.3 Å². The number of esters is 1. The molecule has 0 bridgehead atoms. The van der Waals surface area contributed by atoms with E-state index in [2.05, 4.69) is 4.74 Å². The van der Waals surface area contributed by atoms with Gasteiger partial charge in [0.05, 0.1) is 31.1 Å². The molecular weight excluding hydrogens is 488 g/mol. The highest BCUT2D eigenvalue weighted by Gasteiger charge is 2.73. The van der Waals surface area contributed by atoms with Crippen LogP contribution < -0.4 is 15.5 Å². The fourth-order valence-corrected chi connectivity index (χ4v) is 5.02. The van der Waals surface area contributed by atoms with Crippen molar-refractivity contribution < 1.29 is 45.6 Å². The third-order valence-corrected chi connectivity index (χ3v) is 6.66. The molecule has 1 aromatic heterocycles. The highest BCUT2D eigenvalue weighted by atomic mass is 32.1. The van der Waals surface area contributed by atoms with Crippen LogP contribution in [-0.4, -0.2) is 50.6 Å². The van der Waals surface area contributed by atoms with Crippen LogP contribution in [0.4, 0.5) is 31.3 Å². The normalized spacial score (nSPS) is 16.6. The molecule has 2 heterocycles. The third kappa shape index (κ3) is 4.71. The molecule has 6 nitrogen and oxygen atoms in total. The average molecular weight is 510 g/mol. The van der Waals surface area contributed by atoms with Gasteiger partial charge < -0.3 is 20.3 Å². The quantitative estimate of drug-likeness (QED) is 0.329. The molecule has 186 valence electrons. The number of carbonyl (C=O) groups excluding carboxylic acids is 2. The number of fused-ring (bicyclic) bond motifs is 1. The Kier molecular flexibility index (Phi) is 6.91. The number of rotatable bonds is 5. The van der Waals surface area contributed by atoms with Crippen molar-refractivity contribution in [2.75, 3.05) is 26.0 Å². The molecule has 2 aromatic rings. The lowest BCUT2D eigenvalue weighted by Gasteiger charge is -2.38. The van der Waals surface area contributed by atoms with Gasteiger partial charge in [-0.25, -0.2) is 4.79 Å². The second-order valence-electron chi connectivity index (χ2n) is 8.02. The van der Waals surface area contributed by atoms with Gasteiger partial charge in [-0.1, -0.05) is 17.7 Å². The molecule has 0 radical (unpaired) electrons. The molecule has 1 amide bonds. The van der Waals surface area contributed by atoms with E-state index in [0.29, 0.717) is 40.4 Å². The van der Waals surface area contributed by atoms with Crippen molar-refractivity contribution in [2.24, 2.45) is 0 Å². The largest absolute Gasteiger partial charge is 0.465 e. The van der Waals surface area contributed by atoms with Crippen molar-refractivity contribution in [3.8, 4) is 0 Å². The smallest absolute Gasteiger partial charge is 0.439 e. The fourth-order valence-electron chi connectivity index (χ4n) is 3.62. The number of hydrogen-bond acceptors (Lipinski definition) is 5. The number of methoxy groups -OCH3 is 1. The topological polar surface area (TPSA) is 71.9 Å². The van der Waals surface area contributed by atoms with Gasteiger partial charge in [-0.2, -0.15) is 26.3 Å². The van der Waals surface area contributed by atoms with Gasteiger partial charge in [0, 0.05) is 12.0 Å². The van der Waals surface area contributed by atoms with E-state index in [1.807, 2.05) is 7.05 Å². The minimum atomic E-state index is -6.02. The highest BCUT2D eigenvalue weighted by molar-refractivity contribution is 7.16. The van der Waals surface area contributed by atoms with Crippen LogP contribution in [0.5, 0.6) is 0 Å². The first-order valence-electron chi connectivity index (χ1n) is 10.0. The summed E-state index contributed by atoms with van der Waals surface area (Å²) >= 11 is 0.609. The molecule has 0 saturated carbocycles. The summed E-state index contributed by atoms with van der Waals surface area (Å²) in [6, 6.07) is 4.99. The predicted octanol–water partition coefficient (Wildman–Crippen LogP) is 3.08. The number of nitrogens with one attached hydrogen (secondary N) is 3. The second kappa shape index (κ2) is 9.10. The first-order chi connectivity index (χ1) is 15.7. The van der Waals surface area contributed by atoms with Gasteiger partial charge in [-0.3, -0.25) is 4.79 Å². The molecule has 1 aliphatic heterocycles. The number of aryl methyl sites for hydroxylation is 1. The number of hydrogen-bond donors (Lipinski definition) is 3. The van der Waals surface area contributed by atoms with Gasteiger partial charge in [0.1, 0.15) is 11.5 Å². The first-order valence-corrected chi connectivity index (χ1v) is 10.9. The van der Waals surface area contributed by atoms with Gasteiger partial charge in [0.2, 0.25) is 0 Å². The van der Waals surface area contributed by atoms with Gasteiger partial charge in [-0.05, 0) is 24.6 Å². The van der Waals surface area contributed by atoms with Crippen LogP contribution in [0.25, 0.3) is 0 Å². The Morgan fingerprint density at radius 1 is 1.06 bits per heavy atom. The number of thiophene rings is 1. The summed E-state index contributed by atoms with van der Waals surface area (Å²) in [4.78, 5) is 26.4. The van der Waals surface area contributed by atoms with Crippen molar-refractivity contribution in [3.63, 3.8) is 0 Å². The molecular formula is C21H22F6N3O3S+. The van der Waals surface area contributed by atoms with E-state index in [9.17, 15) is 35.9 Å². The maximum Gasteiger partial charge on any atom is 0.439 e. The summed E-state index contributed by atoms with van der Waals surface area (Å²) in [5.74, 6) is -2.66. The van der Waals surface area contributed by atoms with Crippen LogP contribution in [-0.2, 0) is 17.7 Å². The second-order valence-corrected chi connectivity index (χ2v) is 9.13. The van der Waals surface area contributed by atoms with Crippen molar-refractivity contribution in [1.82, 2.24) is 5.32 Å². The molecule has 1 aliphatic rings. The summed E-state index contributed by atoms with van der Waals surface area (Å²) in [6.45, 7) is 2.48. The van der Waals surface area contributed by atoms with E-state index in [-0.39, 0.29) is 6.42 Å². The number of halogens is 6. The Morgan fingerprint density at radius 2 is 1.65 bits per heavy atom. The lowest BCUT2D eigenvalue weighted by atomic mass is 10.0. The molecule has 0 spiro atoms. The van der Waals surface area contributed by atoms with E-state index in [1.165, 1.54) is 17.4 Å². The van der Waals surface area contributed by atoms with Crippen LogP contribution in [0.3, 0.4) is 0 Å². The van der Waals surface area contributed by atoms with Gasteiger partial charge >= 0.3 is 24.0 Å². The van der Waals surface area contributed by atoms with Gasteiger partial charge in [0.15, 0.2) is 0 Å². The van der Waals surface area contributed by atoms with Crippen molar-refractivity contribution >= 4 is 28.2 Å². The summed E-state index contributed by atoms with van der Waals surface area (Å²) in [7, 11) is 2.79. The van der Waals surface area contributed by atoms with Crippen molar-refractivity contribution in [3.05, 3.63) is 51.4 Å². The number of likely N-dealkylation sites (N-methyl/N-ethyl adjacent to an activating group) is 1. The van der Waals surface area contributed by atoms with Crippen LogP contribution in [0.1, 0.15) is 36.7 Å². The number of benzene rings is 1. The van der Waals surface area contributed by atoms with E-state index in [4.69, 9.17) is 0 Å². The van der Waals surface area contributed by atoms with Crippen molar-refractivity contribution in [1.29, 1.82) is 0 Å². The minimum absolute atomic E-state index is 0.268. The zero-order valence-corrected chi connectivity index (χ0v) is 19.1. The number of alkyl halides is 6. The Balaban J connectivity index is 2.14. The third-order valence-electron chi connectivity index (χ3n) is 5.51. The molecule has 1 atom stereocenters. The lowest BCUT2D eigenvalue weighted by molar-refractivity contribution is -0.895. The van der Waals surface area contributed by atoms with Gasteiger partial charge in [-0.15, -0.1) is 11.3 Å². The zero-order chi connectivity index (χ0) is 25.5. The van der Waals surface area contributed by atoms with Crippen LogP contribution in [0, 0.1) is 6.92 Å². The SMILES string of the molecule is COC(=O)c1c(NC(NC(=O)c2ccc(C)cc2)(C(F)(F)F)C(F)(F)F)sc2c1CC[NH+](C)C2. The summed E-state index contributed by atoms with van der Waals surface area (Å²) in [5, 5.41) is 1.91. The Hall–Kier alpha value is -2.80. The molecule has 13 heteroatoms. The molecule has 3 rings (SSSR count). The predicted molar refractivity (Wildman–Crippen MR) is 112 cm³/mol. The highest BCUT2D eigenvalue weighted by Crippen LogP contribution is 2.46. The molecule has 0 saturated heterocycles. The van der Waals surface area contributed by atoms with Gasteiger partial charge in [0.25, 0.3) is 5.91 Å². The summed E-state index contributed by atoms with van der Waals surface area (Å²) in [6.07, 6.45) is -11.8. The monoisotopic (exact) mass is 510 g/mol. The Labute approximate surface area is 194 Å². The minimum Gasteiger partial charge on any atom is -0.465 e. The molecule has 34 heavy (non-hydrogen) atoms. The zero-order valence-electron chi connectivity index (χ0n) is 18.3. The number of amides is 1. The standard InChI is InChI=1S/C21H21F6N3O3S/c1-11-4-6-12(7-5-11)16(31)28-19(20(22,23)24,21(25,26)27)29-17-15(18(32)33-3)13-8-9-30(2)10-14(13)34-17/h4-7,29H,8-10H2,1-3H3,(H,28,31)/p+1. The number of carbonyl (C=O) groups is 2. The first kappa shape index (κ1) is 25.8. The average Bonchev–Trinajstić information content (AvgIpc) is 3.08. The maximum absolute atomic E-state index is 14.1.